The number of hydrogen-bond acceptors (Lipinski definition) is 4. The number of nitrogens with one attached hydrogen (secondary N) is 2. The maximum absolute atomic E-state index is 12.2. The number of hydrogen-bond donors (Lipinski definition) is 2. The summed E-state index contributed by atoms with van der Waals surface area (Å²) in [5.41, 5.74) is 0. The minimum absolute atomic E-state index is 0.0532. The number of rotatable bonds is 4. The first-order valence-corrected chi connectivity index (χ1v) is 7.17. The van der Waals surface area contributed by atoms with E-state index in [2.05, 4.69) is 15.5 Å². The van der Waals surface area contributed by atoms with E-state index in [4.69, 9.17) is 0 Å². The highest BCUT2D eigenvalue weighted by Gasteiger charge is 2.33. The molecule has 0 saturated carbocycles. The highest BCUT2D eigenvalue weighted by molar-refractivity contribution is 7.89. The number of carbonyl (C=O) groups excluding carboxylic acids is 1. The summed E-state index contributed by atoms with van der Waals surface area (Å²) in [6, 6.07) is 0. The molecule has 2 N–H and O–H groups in total. The van der Waals surface area contributed by atoms with Crippen molar-refractivity contribution >= 4 is 15.9 Å². The molecule has 7 nitrogen and oxygen atoms in total. The zero-order valence-corrected chi connectivity index (χ0v) is 10.9. The van der Waals surface area contributed by atoms with Crippen molar-refractivity contribution in [2.24, 2.45) is 5.92 Å². The minimum Gasteiger partial charge on any atom is -0.359 e. The fourth-order valence-corrected chi connectivity index (χ4v) is 3.51. The normalized spacial score (nSPS) is 21.1. The molecular formula is C10H16N4O3S. The zero-order chi connectivity index (χ0) is 13.2. The number of H-pyrrole nitrogens is 1. The van der Waals surface area contributed by atoms with Gasteiger partial charge in [0.25, 0.3) is 0 Å². The maximum atomic E-state index is 12.2. The van der Waals surface area contributed by atoms with Gasteiger partial charge in [-0.2, -0.15) is 9.40 Å². The van der Waals surface area contributed by atoms with Crippen molar-refractivity contribution < 1.29 is 13.2 Å². The lowest BCUT2D eigenvalue weighted by Crippen LogP contribution is -2.29. The fourth-order valence-electron chi connectivity index (χ4n) is 2.08. The van der Waals surface area contributed by atoms with Crippen LogP contribution in [0.5, 0.6) is 0 Å². The van der Waals surface area contributed by atoms with Gasteiger partial charge in [0.15, 0.2) is 0 Å². The van der Waals surface area contributed by atoms with Crippen LogP contribution in [0, 0.1) is 5.92 Å². The van der Waals surface area contributed by atoms with Crippen molar-refractivity contribution in [3.05, 3.63) is 12.4 Å². The Morgan fingerprint density at radius 1 is 1.67 bits per heavy atom. The Kier molecular flexibility index (Phi) is 3.67. The van der Waals surface area contributed by atoms with Crippen LogP contribution in [-0.2, 0) is 14.8 Å². The van der Waals surface area contributed by atoms with Crippen molar-refractivity contribution in [2.45, 2.75) is 17.7 Å². The van der Waals surface area contributed by atoms with Crippen molar-refractivity contribution in [1.29, 1.82) is 0 Å². The molecule has 1 amide bonds. The smallest absolute Gasteiger partial charge is 0.246 e. The number of sulfonamides is 1. The van der Waals surface area contributed by atoms with Gasteiger partial charge in [-0.05, 0) is 12.3 Å². The predicted molar refractivity (Wildman–Crippen MR) is 64.1 cm³/mol. The summed E-state index contributed by atoms with van der Waals surface area (Å²) in [5.74, 6) is 0.0363. The summed E-state index contributed by atoms with van der Waals surface area (Å²) in [4.78, 5) is 11.4. The molecule has 100 valence electrons. The summed E-state index contributed by atoms with van der Waals surface area (Å²) < 4.78 is 25.7. The van der Waals surface area contributed by atoms with Crippen molar-refractivity contribution in [3.63, 3.8) is 0 Å². The summed E-state index contributed by atoms with van der Waals surface area (Å²) in [7, 11) is -1.88. The van der Waals surface area contributed by atoms with E-state index in [1.165, 1.54) is 16.7 Å². The van der Waals surface area contributed by atoms with Crippen LogP contribution >= 0.6 is 0 Å². The molecule has 0 radical (unpaired) electrons. The van der Waals surface area contributed by atoms with Crippen LogP contribution in [0.3, 0.4) is 0 Å². The third-order valence-electron chi connectivity index (χ3n) is 3.11. The number of amides is 1. The van der Waals surface area contributed by atoms with Crippen LogP contribution in [0.4, 0.5) is 0 Å². The second kappa shape index (κ2) is 5.07. The Labute approximate surface area is 106 Å². The lowest BCUT2D eigenvalue weighted by Gasteiger charge is -2.15. The average molecular weight is 272 g/mol. The van der Waals surface area contributed by atoms with E-state index in [1.807, 2.05) is 0 Å². The van der Waals surface area contributed by atoms with Gasteiger partial charge < -0.3 is 5.32 Å². The second-order valence-electron chi connectivity index (χ2n) is 4.33. The highest BCUT2D eigenvalue weighted by Crippen LogP contribution is 2.25. The molecular weight excluding hydrogens is 256 g/mol. The fraction of sp³-hybridized carbons (Fsp3) is 0.600. The molecule has 1 unspecified atom stereocenters. The molecule has 1 aromatic rings. The standard InChI is InChI=1S/C10H16N4O3S/c1-11-10(15)4-8-2-3-14(7-8)18(16,17)9-5-12-13-6-9/h5-6,8H,2-4,7H2,1H3,(H,11,15)(H,12,13). The molecule has 18 heavy (non-hydrogen) atoms. The number of aromatic amines is 1. The summed E-state index contributed by atoms with van der Waals surface area (Å²) >= 11 is 0. The molecule has 1 atom stereocenters. The summed E-state index contributed by atoms with van der Waals surface area (Å²) in [5, 5.41) is 8.69. The second-order valence-corrected chi connectivity index (χ2v) is 6.27. The molecule has 1 aromatic heterocycles. The topological polar surface area (TPSA) is 95.2 Å². The monoisotopic (exact) mass is 272 g/mol. The summed E-state index contributed by atoms with van der Waals surface area (Å²) in [6.45, 7) is 0.843. The predicted octanol–water partition coefficient (Wildman–Crippen LogP) is -0.444. The van der Waals surface area contributed by atoms with E-state index in [0.717, 1.165) is 0 Å². The van der Waals surface area contributed by atoms with Gasteiger partial charge in [-0.25, -0.2) is 8.42 Å². The molecule has 0 aromatic carbocycles. The Morgan fingerprint density at radius 3 is 3.06 bits per heavy atom. The maximum Gasteiger partial charge on any atom is 0.246 e. The molecule has 8 heteroatoms. The van der Waals surface area contributed by atoms with Gasteiger partial charge in [-0.15, -0.1) is 0 Å². The van der Waals surface area contributed by atoms with E-state index in [9.17, 15) is 13.2 Å². The van der Waals surface area contributed by atoms with Crippen molar-refractivity contribution in [1.82, 2.24) is 19.8 Å². The average Bonchev–Trinajstić information content (AvgIpc) is 2.99. The van der Waals surface area contributed by atoms with E-state index in [0.29, 0.717) is 25.9 Å². The molecule has 2 heterocycles. The van der Waals surface area contributed by atoms with E-state index < -0.39 is 10.0 Å². The summed E-state index contributed by atoms with van der Waals surface area (Å²) in [6.07, 6.45) is 3.74. The first-order valence-electron chi connectivity index (χ1n) is 5.73. The van der Waals surface area contributed by atoms with Crippen molar-refractivity contribution in [3.8, 4) is 0 Å². The number of nitrogens with zero attached hydrogens (tertiary/aromatic N) is 2. The molecule has 1 aliphatic heterocycles. The first kappa shape index (κ1) is 13.0. The van der Waals surface area contributed by atoms with Crippen LogP contribution in [-0.4, -0.2) is 49.0 Å². The quantitative estimate of drug-likeness (QED) is 0.776. The van der Waals surface area contributed by atoms with Crippen LogP contribution in [0.2, 0.25) is 0 Å². The van der Waals surface area contributed by atoms with Gasteiger partial charge in [-0.3, -0.25) is 9.89 Å². The number of carbonyl (C=O) groups is 1. The zero-order valence-electron chi connectivity index (χ0n) is 10.1. The molecule has 0 spiro atoms. The Bertz CT molecular complexity index is 511. The van der Waals surface area contributed by atoms with Crippen LogP contribution in [0.1, 0.15) is 12.8 Å². The molecule has 0 aliphatic carbocycles. The Morgan fingerprint density at radius 2 is 2.44 bits per heavy atom. The van der Waals surface area contributed by atoms with Gasteiger partial charge in [0.1, 0.15) is 4.90 Å². The van der Waals surface area contributed by atoms with Crippen LogP contribution < -0.4 is 5.32 Å². The van der Waals surface area contributed by atoms with Crippen LogP contribution in [0.15, 0.2) is 17.3 Å². The van der Waals surface area contributed by atoms with Gasteiger partial charge in [-0.1, -0.05) is 0 Å². The molecule has 1 fully saturated rings. The molecule has 0 bridgehead atoms. The van der Waals surface area contributed by atoms with Crippen molar-refractivity contribution in [2.75, 3.05) is 20.1 Å². The van der Waals surface area contributed by atoms with Gasteiger partial charge >= 0.3 is 0 Å². The van der Waals surface area contributed by atoms with Gasteiger partial charge in [0.05, 0.1) is 6.20 Å². The third-order valence-corrected chi connectivity index (χ3v) is 4.94. The van der Waals surface area contributed by atoms with Gasteiger partial charge in [0, 0.05) is 32.8 Å². The Balaban J connectivity index is 2.03. The SMILES string of the molecule is CNC(=O)CC1CCN(S(=O)(=O)c2cn[nH]c2)C1. The molecule has 2 rings (SSSR count). The lowest BCUT2D eigenvalue weighted by atomic mass is 10.1. The minimum atomic E-state index is -3.46. The van der Waals surface area contributed by atoms with E-state index >= 15 is 0 Å². The first-order chi connectivity index (χ1) is 8.54. The highest BCUT2D eigenvalue weighted by atomic mass is 32.2. The van der Waals surface area contributed by atoms with E-state index in [1.54, 1.807) is 7.05 Å². The van der Waals surface area contributed by atoms with E-state index in [-0.39, 0.29) is 16.7 Å². The number of aromatic nitrogens is 2. The van der Waals surface area contributed by atoms with Crippen LogP contribution in [0.25, 0.3) is 0 Å². The molecule has 1 aliphatic rings. The van der Waals surface area contributed by atoms with Gasteiger partial charge in [0.2, 0.25) is 15.9 Å². The lowest BCUT2D eigenvalue weighted by molar-refractivity contribution is -0.121. The third kappa shape index (κ3) is 2.54. The molecule has 1 saturated heterocycles. The Hall–Kier alpha value is -1.41. The largest absolute Gasteiger partial charge is 0.359 e.